The Balaban J connectivity index is 2.13. The lowest BCUT2D eigenvalue weighted by atomic mass is 9.76. The molecule has 0 radical (unpaired) electrons. The second-order valence-electron chi connectivity index (χ2n) is 8.79. The van der Waals surface area contributed by atoms with E-state index in [0.717, 1.165) is 35.5 Å². The van der Waals surface area contributed by atoms with Crippen molar-refractivity contribution in [3.05, 3.63) is 46.8 Å². The van der Waals surface area contributed by atoms with Crippen molar-refractivity contribution in [3.63, 3.8) is 0 Å². The molecule has 0 fully saturated rings. The third-order valence-corrected chi connectivity index (χ3v) is 5.58. The summed E-state index contributed by atoms with van der Waals surface area (Å²) in [4.78, 5) is 24.4. The first kappa shape index (κ1) is 20.2. The van der Waals surface area contributed by atoms with Crippen LogP contribution in [0.5, 0.6) is 5.75 Å². The van der Waals surface area contributed by atoms with Crippen LogP contribution in [-0.4, -0.2) is 22.9 Å². The van der Waals surface area contributed by atoms with Gasteiger partial charge in [-0.3, -0.25) is 9.59 Å². The molecule has 1 atom stereocenters. The number of ether oxygens (including phenoxy) is 1. The van der Waals surface area contributed by atoms with Crippen molar-refractivity contribution >= 4 is 11.7 Å². The smallest absolute Gasteiger partial charge is 0.248 e. The Morgan fingerprint density at radius 1 is 1.29 bits per heavy atom. The van der Waals surface area contributed by atoms with Crippen LogP contribution in [0.25, 0.3) is 5.69 Å². The van der Waals surface area contributed by atoms with Crippen LogP contribution in [0.4, 0.5) is 0 Å². The molecule has 28 heavy (non-hydrogen) atoms. The number of hydrogen-bond acceptors (Lipinski definition) is 3. The molecule has 1 aromatic carbocycles. The van der Waals surface area contributed by atoms with E-state index in [1.165, 1.54) is 0 Å². The lowest BCUT2D eigenvalue weighted by Crippen LogP contribution is -2.28. The zero-order valence-electron chi connectivity index (χ0n) is 17.5. The Kier molecular flexibility index (Phi) is 5.37. The Labute approximate surface area is 166 Å². The number of rotatable bonds is 6. The van der Waals surface area contributed by atoms with E-state index in [4.69, 9.17) is 10.5 Å². The molecule has 1 unspecified atom stereocenters. The summed E-state index contributed by atoms with van der Waals surface area (Å²) < 4.78 is 8.22. The average Bonchev–Trinajstić information content (AvgIpc) is 2.94. The molecule has 0 aliphatic heterocycles. The number of fused-ring (bicyclic) bond motifs is 1. The first-order valence-electron chi connectivity index (χ1n) is 9.94. The number of carbonyl (C=O) groups is 2. The number of aryl methyl sites for hydroxylation is 1. The summed E-state index contributed by atoms with van der Waals surface area (Å²) in [6, 6.07) is 7.26. The number of aromatic nitrogens is 1. The Morgan fingerprint density at radius 2 is 2.00 bits per heavy atom. The van der Waals surface area contributed by atoms with Gasteiger partial charge in [0.1, 0.15) is 5.75 Å². The topological polar surface area (TPSA) is 74.3 Å². The van der Waals surface area contributed by atoms with Gasteiger partial charge in [-0.1, -0.05) is 34.1 Å². The van der Waals surface area contributed by atoms with Gasteiger partial charge in [0, 0.05) is 28.9 Å². The van der Waals surface area contributed by atoms with Gasteiger partial charge in [0.2, 0.25) is 5.91 Å². The molecule has 0 spiro atoms. The number of amides is 1. The maximum absolute atomic E-state index is 12.7. The molecule has 1 heterocycles. The number of hydrogen-bond donors (Lipinski definition) is 1. The summed E-state index contributed by atoms with van der Waals surface area (Å²) in [5, 5.41) is 0. The van der Waals surface area contributed by atoms with Crippen molar-refractivity contribution in [2.75, 3.05) is 6.61 Å². The standard InChI is InChI=1S/C23H30N2O3/c1-6-14(2)13-28-21-10-16(22(24)27)7-8-18(21)25-15(3)9-17-19(25)11-23(4,5)12-20(17)26/h7-10,14H,6,11-13H2,1-5H3,(H2,24,27). The fraction of sp³-hybridized carbons (Fsp3) is 0.478. The normalized spacial score (nSPS) is 16.5. The second kappa shape index (κ2) is 7.46. The fourth-order valence-corrected chi connectivity index (χ4v) is 3.80. The predicted octanol–water partition coefficient (Wildman–Crippen LogP) is 4.46. The highest BCUT2D eigenvalue weighted by Crippen LogP contribution is 2.39. The van der Waals surface area contributed by atoms with E-state index in [-0.39, 0.29) is 11.2 Å². The number of ketones is 1. The number of Topliss-reactive ketones (excluding diaryl/α,β-unsaturated/α-hetero) is 1. The summed E-state index contributed by atoms with van der Waals surface area (Å²) in [5.74, 6) is 0.714. The molecule has 5 heteroatoms. The van der Waals surface area contributed by atoms with Gasteiger partial charge in [-0.25, -0.2) is 0 Å². The largest absolute Gasteiger partial charge is 0.491 e. The van der Waals surface area contributed by atoms with Crippen molar-refractivity contribution in [3.8, 4) is 11.4 Å². The molecule has 0 bridgehead atoms. The van der Waals surface area contributed by atoms with E-state index >= 15 is 0 Å². The highest BCUT2D eigenvalue weighted by Gasteiger charge is 2.34. The van der Waals surface area contributed by atoms with Crippen molar-refractivity contribution in [1.29, 1.82) is 0 Å². The lowest BCUT2D eigenvalue weighted by molar-refractivity contribution is 0.0910. The molecular weight excluding hydrogens is 352 g/mol. The highest BCUT2D eigenvalue weighted by molar-refractivity contribution is 5.99. The zero-order valence-corrected chi connectivity index (χ0v) is 17.5. The summed E-state index contributed by atoms with van der Waals surface area (Å²) in [5.41, 5.74) is 9.45. The van der Waals surface area contributed by atoms with Crippen molar-refractivity contribution in [1.82, 2.24) is 4.57 Å². The van der Waals surface area contributed by atoms with E-state index in [2.05, 4.69) is 32.3 Å². The Morgan fingerprint density at radius 3 is 2.64 bits per heavy atom. The van der Waals surface area contributed by atoms with Crippen LogP contribution in [-0.2, 0) is 6.42 Å². The van der Waals surface area contributed by atoms with E-state index in [9.17, 15) is 9.59 Å². The average molecular weight is 383 g/mol. The first-order valence-corrected chi connectivity index (χ1v) is 9.94. The van der Waals surface area contributed by atoms with Crippen molar-refractivity contribution in [2.24, 2.45) is 17.1 Å². The fourth-order valence-electron chi connectivity index (χ4n) is 3.80. The van der Waals surface area contributed by atoms with Crippen LogP contribution >= 0.6 is 0 Å². The van der Waals surface area contributed by atoms with Crippen LogP contribution < -0.4 is 10.5 Å². The van der Waals surface area contributed by atoms with Crippen LogP contribution in [0.15, 0.2) is 24.3 Å². The van der Waals surface area contributed by atoms with Crippen LogP contribution in [0.3, 0.4) is 0 Å². The number of benzene rings is 1. The highest BCUT2D eigenvalue weighted by atomic mass is 16.5. The van der Waals surface area contributed by atoms with Gasteiger partial charge in [-0.15, -0.1) is 0 Å². The summed E-state index contributed by atoms with van der Waals surface area (Å²) >= 11 is 0. The number of nitrogens with two attached hydrogens (primary N) is 1. The molecule has 1 aliphatic rings. The van der Waals surface area contributed by atoms with Gasteiger partial charge in [0.05, 0.1) is 12.3 Å². The number of carbonyl (C=O) groups excluding carboxylic acids is 2. The SMILES string of the molecule is CCC(C)COc1cc(C(N)=O)ccc1-n1c(C)cc2c1CC(C)(C)CC2=O. The Bertz CT molecular complexity index is 924. The van der Waals surface area contributed by atoms with Gasteiger partial charge in [0.25, 0.3) is 0 Å². The molecule has 1 amide bonds. The van der Waals surface area contributed by atoms with Crippen LogP contribution in [0.2, 0.25) is 0 Å². The second-order valence-corrected chi connectivity index (χ2v) is 8.79. The predicted molar refractivity (Wildman–Crippen MR) is 110 cm³/mol. The van der Waals surface area contributed by atoms with Gasteiger partial charge in [0.15, 0.2) is 5.78 Å². The minimum Gasteiger partial charge on any atom is -0.491 e. The summed E-state index contributed by atoms with van der Waals surface area (Å²) in [6.07, 6.45) is 2.37. The van der Waals surface area contributed by atoms with Gasteiger partial charge < -0.3 is 15.0 Å². The van der Waals surface area contributed by atoms with Gasteiger partial charge in [-0.2, -0.15) is 0 Å². The van der Waals surface area contributed by atoms with Crippen LogP contribution in [0.1, 0.15) is 72.6 Å². The quantitative estimate of drug-likeness (QED) is 0.801. The Hall–Kier alpha value is -2.56. The summed E-state index contributed by atoms with van der Waals surface area (Å²) in [6.45, 7) is 11.0. The molecule has 150 valence electrons. The van der Waals surface area contributed by atoms with Gasteiger partial charge >= 0.3 is 0 Å². The molecular formula is C23H30N2O3. The minimum absolute atomic E-state index is 0.0858. The van der Waals surface area contributed by atoms with Crippen molar-refractivity contribution < 1.29 is 14.3 Å². The maximum Gasteiger partial charge on any atom is 0.248 e. The monoisotopic (exact) mass is 382 g/mol. The molecule has 0 saturated heterocycles. The van der Waals surface area contributed by atoms with Crippen LogP contribution in [0, 0.1) is 18.3 Å². The van der Waals surface area contributed by atoms with E-state index in [1.54, 1.807) is 12.1 Å². The van der Waals surface area contributed by atoms with E-state index < -0.39 is 5.91 Å². The third-order valence-electron chi connectivity index (χ3n) is 5.58. The van der Waals surface area contributed by atoms with Crippen molar-refractivity contribution in [2.45, 2.75) is 53.9 Å². The molecule has 5 nitrogen and oxygen atoms in total. The molecule has 2 aromatic rings. The molecule has 3 rings (SSSR count). The maximum atomic E-state index is 12.7. The number of nitrogens with zero attached hydrogens (tertiary/aromatic N) is 1. The van der Waals surface area contributed by atoms with E-state index in [1.807, 2.05) is 19.1 Å². The van der Waals surface area contributed by atoms with Gasteiger partial charge in [-0.05, 0) is 48.9 Å². The number of primary amides is 1. The molecule has 0 saturated carbocycles. The molecule has 1 aromatic heterocycles. The minimum atomic E-state index is -0.484. The summed E-state index contributed by atoms with van der Waals surface area (Å²) in [7, 11) is 0. The molecule has 2 N–H and O–H groups in total. The molecule has 1 aliphatic carbocycles. The third kappa shape index (κ3) is 3.84. The zero-order chi connectivity index (χ0) is 20.6. The lowest BCUT2D eigenvalue weighted by Gasteiger charge is -2.30. The van der Waals surface area contributed by atoms with E-state index in [0.29, 0.717) is 30.3 Å². The first-order chi connectivity index (χ1) is 13.1.